The Balaban J connectivity index is 1.91. The minimum atomic E-state index is -0.207. The number of rotatable bonds is 3. The van der Waals surface area contributed by atoms with E-state index in [2.05, 4.69) is 10.4 Å². The van der Waals surface area contributed by atoms with Crippen LogP contribution in [0.1, 0.15) is 40.3 Å². The number of carbonyl (C=O) groups excluding carboxylic acids is 1. The molecule has 5 heteroatoms. The van der Waals surface area contributed by atoms with Gasteiger partial charge in [0, 0.05) is 24.2 Å². The summed E-state index contributed by atoms with van der Waals surface area (Å²) in [5.41, 5.74) is 3.62. The molecule has 1 N–H and O–H groups in total. The third-order valence-corrected chi connectivity index (χ3v) is 4.02. The van der Waals surface area contributed by atoms with E-state index in [4.69, 9.17) is 4.42 Å². The predicted octanol–water partition coefficient (Wildman–Crippen LogP) is 3.27. The van der Waals surface area contributed by atoms with Crippen LogP contribution in [0.3, 0.4) is 0 Å². The fourth-order valence-corrected chi connectivity index (χ4v) is 2.75. The number of para-hydroxylation sites is 1. The third kappa shape index (κ3) is 2.28. The van der Waals surface area contributed by atoms with Crippen molar-refractivity contribution in [2.24, 2.45) is 7.05 Å². The minimum Gasteiger partial charge on any atom is -0.450 e. The largest absolute Gasteiger partial charge is 0.450 e. The van der Waals surface area contributed by atoms with Crippen molar-refractivity contribution in [3.8, 4) is 0 Å². The molecule has 1 amide bonds. The number of hydrogen-bond acceptors (Lipinski definition) is 3. The monoisotopic (exact) mass is 297 g/mol. The number of aromatic nitrogens is 2. The maximum Gasteiger partial charge on any atom is 0.287 e. The number of hydrogen-bond donors (Lipinski definition) is 1. The van der Waals surface area contributed by atoms with Crippen LogP contribution in [-0.4, -0.2) is 15.7 Å². The number of nitrogens with zero attached hydrogens (tertiary/aromatic N) is 2. The summed E-state index contributed by atoms with van der Waals surface area (Å²) < 4.78 is 7.56. The van der Waals surface area contributed by atoms with E-state index in [-0.39, 0.29) is 11.9 Å². The summed E-state index contributed by atoms with van der Waals surface area (Å²) in [7, 11) is 1.85. The summed E-state index contributed by atoms with van der Waals surface area (Å²) in [4.78, 5) is 12.5. The fourth-order valence-electron chi connectivity index (χ4n) is 2.75. The van der Waals surface area contributed by atoms with E-state index < -0.39 is 0 Å². The number of nitrogens with one attached hydrogen (secondary N) is 1. The highest BCUT2D eigenvalue weighted by Crippen LogP contribution is 2.28. The Bertz CT molecular complexity index is 845. The second-order valence-corrected chi connectivity index (χ2v) is 5.58. The molecule has 1 aromatic carbocycles. The smallest absolute Gasteiger partial charge is 0.287 e. The SMILES string of the molecule is Cc1c(C(=O)NC(C)c2ccnn2C)oc2c(C)cccc12. The van der Waals surface area contributed by atoms with Gasteiger partial charge in [0.25, 0.3) is 5.91 Å². The van der Waals surface area contributed by atoms with Crippen LogP contribution in [0.15, 0.2) is 34.9 Å². The molecule has 0 saturated heterocycles. The molecule has 5 nitrogen and oxygen atoms in total. The first kappa shape index (κ1) is 14.4. The molecule has 3 rings (SSSR count). The van der Waals surface area contributed by atoms with E-state index in [1.165, 1.54) is 0 Å². The lowest BCUT2D eigenvalue weighted by Crippen LogP contribution is -2.28. The van der Waals surface area contributed by atoms with E-state index in [1.807, 2.05) is 52.1 Å². The van der Waals surface area contributed by atoms with Crippen molar-refractivity contribution in [1.82, 2.24) is 15.1 Å². The lowest BCUT2D eigenvalue weighted by molar-refractivity contribution is 0.0911. The molecule has 0 saturated carbocycles. The first-order chi connectivity index (χ1) is 10.5. The molecule has 0 bridgehead atoms. The average Bonchev–Trinajstić information content (AvgIpc) is 3.04. The molecule has 1 unspecified atom stereocenters. The Hall–Kier alpha value is -2.56. The zero-order valence-electron chi connectivity index (χ0n) is 13.2. The lowest BCUT2D eigenvalue weighted by Gasteiger charge is -2.13. The minimum absolute atomic E-state index is 0.145. The molecule has 114 valence electrons. The number of fused-ring (bicyclic) bond motifs is 1. The van der Waals surface area contributed by atoms with E-state index in [0.717, 1.165) is 27.8 Å². The summed E-state index contributed by atoms with van der Waals surface area (Å²) in [5.74, 6) is 0.167. The predicted molar refractivity (Wildman–Crippen MR) is 84.8 cm³/mol. The van der Waals surface area contributed by atoms with Gasteiger partial charge in [-0.05, 0) is 32.4 Å². The molecular weight excluding hydrogens is 278 g/mol. The van der Waals surface area contributed by atoms with Crippen LogP contribution in [0.4, 0.5) is 0 Å². The normalized spacial score (nSPS) is 12.5. The number of benzene rings is 1. The highest BCUT2D eigenvalue weighted by Gasteiger charge is 2.21. The summed E-state index contributed by atoms with van der Waals surface area (Å²) in [6.45, 7) is 5.82. The number of amides is 1. The maximum absolute atomic E-state index is 12.5. The summed E-state index contributed by atoms with van der Waals surface area (Å²) >= 11 is 0. The van der Waals surface area contributed by atoms with Crippen LogP contribution in [-0.2, 0) is 7.05 Å². The van der Waals surface area contributed by atoms with Crippen LogP contribution in [0, 0.1) is 13.8 Å². The van der Waals surface area contributed by atoms with Gasteiger partial charge in [0.1, 0.15) is 5.58 Å². The Kier molecular flexibility index (Phi) is 3.48. The highest BCUT2D eigenvalue weighted by atomic mass is 16.3. The zero-order valence-corrected chi connectivity index (χ0v) is 13.2. The van der Waals surface area contributed by atoms with Gasteiger partial charge in [-0.1, -0.05) is 18.2 Å². The van der Waals surface area contributed by atoms with Crippen LogP contribution in [0.5, 0.6) is 0 Å². The molecule has 0 aliphatic rings. The van der Waals surface area contributed by atoms with E-state index >= 15 is 0 Å². The van der Waals surface area contributed by atoms with Crippen molar-refractivity contribution in [1.29, 1.82) is 0 Å². The van der Waals surface area contributed by atoms with Gasteiger partial charge in [-0.2, -0.15) is 5.10 Å². The highest BCUT2D eigenvalue weighted by molar-refractivity contribution is 5.99. The van der Waals surface area contributed by atoms with Gasteiger partial charge in [0.2, 0.25) is 0 Å². The molecule has 0 radical (unpaired) electrons. The van der Waals surface area contributed by atoms with E-state index in [1.54, 1.807) is 10.9 Å². The number of aryl methyl sites for hydroxylation is 3. The molecule has 1 atom stereocenters. The summed E-state index contributed by atoms with van der Waals surface area (Å²) in [5, 5.41) is 8.08. The van der Waals surface area contributed by atoms with E-state index in [0.29, 0.717) is 5.76 Å². The lowest BCUT2D eigenvalue weighted by atomic mass is 10.1. The van der Waals surface area contributed by atoms with Crippen molar-refractivity contribution < 1.29 is 9.21 Å². The second-order valence-electron chi connectivity index (χ2n) is 5.58. The fraction of sp³-hybridized carbons (Fsp3) is 0.294. The van der Waals surface area contributed by atoms with Gasteiger partial charge in [0.05, 0.1) is 11.7 Å². The third-order valence-electron chi connectivity index (χ3n) is 4.02. The average molecular weight is 297 g/mol. The Morgan fingerprint density at radius 1 is 1.32 bits per heavy atom. The number of carbonyl (C=O) groups is 1. The van der Waals surface area contributed by atoms with Crippen LogP contribution in [0.25, 0.3) is 11.0 Å². The Labute approximate surface area is 128 Å². The molecule has 2 aromatic heterocycles. The van der Waals surface area contributed by atoms with Gasteiger partial charge in [-0.3, -0.25) is 9.48 Å². The van der Waals surface area contributed by atoms with Gasteiger partial charge in [-0.25, -0.2) is 0 Å². The van der Waals surface area contributed by atoms with Gasteiger partial charge >= 0.3 is 0 Å². The van der Waals surface area contributed by atoms with Crippen molar-refractivity contribution in [3.63, 3.8) is 0 Å². The molecule has 0 aliphatic carbocycles. The molecule has 0 fully saturated rings. The van der Waals surface area contributed by atoms with Crippen molar-refractivity contribution in [2.75, 3.05) is 0 Å². The van der Waals surface area contributed by atoms with Crippen molar-refractivity contribution >= 4 is 16.9 Å². The topological polar surface area (TPSA) is 60.1 Å². The second kappa shape index (κ2) is 5.33. The molecular formula is C17H19N3O2. The van der Waals surface area contributed by atoms with E-state index in [9.17, 15) is 4.79 Å². The molecule has 22 heavy (non-hydrogen) atoms. The zero-order chi connectivity index (χ0) is 15.9. The first-order valence-corrected chi connectivity index (χ1v) is 7.26. The Morgan fingerprint density at radius 3 is 2.73 bits per heavy atom. The quantitative estimate of drug-likeness (QED) is 0.807. The molecule has 2 heterocycles. The molecule has 0 spiro atoms. The van der Waals surface area contributed by atoms with Crippen LogP contribution >= 0.6 is 0 Å². The number of furan rings is 1. The van der Waals surface area contributed by atoms with Gasteiger partial charge in [-0.15, -0.1) is 0 Å². The first-order valence-electron chi connectivity index (χ1n) is 7.26. The molecule has 0 aliphatic heterocycles. The standard InChI is InChI=1S/C17H19N3O2/c1-10-6-5-7-13-11(2)16(22-15(10)13)17(21)19-12(3)14-8-9-18-20(14)4/h5-9,12H,1-4H3,(H,19,21). The van der Waals surface area contributed by atoms with Crippen molar-refractivity contribution in [3.05, 3.63) is 53.0 Å². The van der Waals surface area contributed by atoms with Crippen LogP contribution < -0.4 is 5.32 Å². The summed E-state index contributed by atoms with van der Waals surface area (Å²) in [6.07, 6.45) is 1.72. The summed E-state index contributed by atoms with van der Waals surface area (Å²) in [6, 6.07) is 7.67. The van der Waals surface area contributed by atoms with Crippen LogP contribution in [0.2, 0.25) is 0 Å². The van der Waals surface area contributed by atoms with Gasteiger partial charge < -0.3 is 9.73 Å². The van der Waals surface area contributed by atoms with Crippen molar-refractivity contribution in [2.45, 2.75) is 26.8 Å². The van der Waals surface area contributed by atoms with Gasteiger partial charge in [0.15, 0.2) is 5.76 Å². The maximum atomic E-state index is 12.5. The Morgan fingerprint density at radius 2 is 2.09 bits per heavy atom. The molecule has 3 aromatic rings.